The average molecular weight is 267 g/mol. The van der Waals surface area contributed by atoms with E-state index in [2.05, 4.69) is 23.7 Å². The Bertz CT molecular complexity index is 669. The Hall–Kier alpha value is -2.19. The molecule has 0 heterocycles. The van der Waals surface area contributed by atoms with Crippen LogP contribution >= 0.6 is 11.6 Å². The first kappa shape index (κ1) is 13.2. The SMILES string of the molecule is OC(C#CC#Cc1ccccc1)c1cccc(Cl)c1. The van der Waals surface area contributed by atoms with Gasteiger partial charge < -0.3 is 5.11 Å². The quantitative estimate of drug-likeness (QED) is 0.784. The minimum Gasteiger partial charge on any atom is -0.376 e. The van der Waals surface area contributed by atoms with Crippen molar-refractivity contribution >= 4 is 11.6 Å². The minimum atomic E-state index is -0.872. The summed E-state index contributed by atoms with van der Waals surface area (Å²) in [5.41, 5.74) is 1.57. The van der Waals surface area contributed by atoms with Crippen molar-refractivity contribution in [2.45, 2.75) is 6.10 Å². The Balaban J connectivity index is 2.07. The summed E-state index contributed by atoms with van der Waals surface area (Å²) in [7, 11) is 0. The number of halogens is 1. The third-order valence-electron chi connectivity index (χ3n) is 2.42. The lowest BCUT2D eigenvalue weighted by Crippen LogP contribution is -1.92. The van der Waals surface area contributed by atoms with Crippen LogP contribution in [0.4, 0.5) is 0 Å². The summed E-state index contributed by atoms with van der Waals surface area (Å²) in [4.78, 5) is 0. The highest BCUT2D eigenvalue weighted by atomic mass is 35.5. The van der Waals surface area contributed by atoms with Gasteiger partial charge >= 0.3 is 0 Å². The second-order valence-corrected chi connectivity index (χ2v) is 4.28. The molecule has 0 radical (unpaired) electrons. The van der Waals surface area contributed by atoms with Crippen LogP contribution in [0.25, 0.3) is 0 Å². The van der Waals surface area contributed by atoms with E-state index in [4.69, 9.17) is 11.6 Å². The summed E-state index contributed by atoms with van der Waals surface area (Å²) < 4.78 is 0. The molecule has 1 unspecified atom stereocenters. The van der Waals surface area contributed by atoms with Crippen molar-refractivity contribution < 1.29 is 5.11 Å². The van der Waals surface area contributed by atoms with Crippen LogP contribution in [-0.4, -0.2) is 5.11 Å². The van der Waals surface area contributed by atoms with Crippen LogP contribution in [0.5, 0.6) is 0 Å². The van der Waals surface area contributed by atoms with Gasteiger partial charge in [0.1, 0.15) is 6.10 Å². The molecule has 1 nitrogen and oxygen atoms in total. The lowest BCUT2D eigenvalue weighted by atomic mass is 10.1. The van der Waals surface area contributed by atoms with Gasteiger partial charge in [0.25, 0.3) is 0 Å². The zero-order valence-corrected chi connectivity index (χ0v) is 10.9. The predicted molar refractivity (Wildman–Crippen MR) is 77.5 cm³/mol. The summed E-state index contributed by atoms with van der Waals surface area (Å²) in [5.74, 6) is 10.9. The molecule has 0 fully saturated rings. The third-order valence-corrected chi connectivity index (χ3v) is 2.65. The molecule has 2 rings (SSSR count). The second-order valence-electron chi connectivity index (χ2n) is 3.84. The van der Waals surface area contributed by atoms with E-state index in [9.17, 15) is 5.11 Å². The molecule has 19 heavy (non-hydrogen) atoms. The maximum absolute atomic E-state index is 9.84. The molecule has 92 valence electrons. The topological polar surface area (TPSA) is 20.2 Å². The van der Waals surface area contributed by atoms with Gasteiger partial charge in [-0.1, -0.05) is 53.8 Å². The molecule has 0 aliphatic carbocycles. The van der Waals surface area contributed by atoms with Gasteiger partial charge in [-0.2, -0.15) is 0 Å². The van der Waals surface area contributed by atoms with E-state index in [1.165, 1.54) is 0 Å². The number of aliphatic hydroxyl groups excluding tert-OH is 1. The standard InChI is InChI=1S/C17H11ClO/c18-16-11-6-10-15(13-16)17(19)12-5-4-9-14-7-2-1-3-8-14/h1-3,6-8,10-11,13,17,19H. The van der Waals surface area contributed by atoms with E-state index in [0.29, 0.717) is 10.6 Å². The molecule has 0 bridgehead atoms. The first-order valence-electron chi connectivity index (χ1n) is 5.76. The summed E-state index contributed by atoms with van der Waals surface area (Å²) in [6.45, 7) is 0. The number of benzene rings is 2. The lowest BCUT2D eigenvalue weighted by Gasteiger charge is -2.02. The molecule has 0 amide bonds. The van der Waals surface area contributed by atoms with Gasteiger partial charge in [-0.15, -0.1) is 0 Å². The molecule has 0 spiro atoms. The zero-order chi connectivity index (χ0) is 13.5. The van der Waals surface area contributed by atoms with Crippen molar-refractivity contribution in [3.8, 4) is 23.7 Å². The predicted octanol–water partition coefficient (Wildman–Crippen LogP) is 3.43. The van der Waals surface area contributed by atoms with E-state index >= 15 is 0 Å². The van der Waals surface area contributed by atoms with Crippen LogP contribution in [-0.2, 0) is 0 Å². The van der Waals surface area contributed by atoms with Gasteiger partial charge in [0.05, 0.1) is 0 Å². The lowest BCUT2D eigenvalue weighted by molar-refractivity contribution is 0.238. The highest BCUT2D eigenvalue weighted by Crippen LogP contribution is 2.16. The maximum atomic E-state index is 9.84. The smallest absolute Gasteiger partial charge is 0.141 e. The molecule has 2 heteroatoms. The van der Waals surface area contributed by atoms with Crippen LogP contribution in [0.1, 0.15) is 17.2 Å². The molecule has 0 saturated heterocycles. The van der Waals surface area contributed by atoms with Crippen LogP contribution in [0, 0.1) is 23.7 Å². The summed E-state index contributed by atoms with van der Waals surface area (Å²) >= 11 is 5.84. The fraction of sp³-hybridized carbons (Fsp3) is 0.0588. The van der Waals surface area contributed by atoms with Gasteiger partial charge in [-0.3, -0.25) is 0 Å². The number of hydrogen-bond acceptors (Lipinski definition) is 1. The molecule has 2 aromatic rings. The number of hydrogen-bond donors (Lipinski definition) is 1. The molecule has 0 saturated carbocycles. The fourth-order valence-electron chi connectivity index (χ4n) is 1.49. The summed E-state index contributed by atoms with van der Waals surface area (Å²) in [5, 5.41) is 10.4. The highest BCUT2D eigenvalue weighted by molar-refractivity contribution is 6.30. The fourth-order valence-corrected chi connectivity index (χ4v) is 1.69. The minimum absolute atomic E-state index is 0.578. The van der Waals surface area contributed by atoms with Crippen molar-refractivity contribution in [3.05, 3.63) is 70.7 Å². The van der Waals surface area contributed by atoms with Crippen molar-refractivity contribution in [2.75, 3.05) is 0 Å². The number of aliphatic hydroxyl groups is 1. The van der Waals surface area contributed by atoms with Crippen LogP contribution in [0.15, 0.2) is 54.6 Å². The Morgan fingerprint density at radius 3 is 2.47 bits per heavy atom. The Kier molecular flexibility index (Phi) is 4.65. The molecular formula is C17H11ClO. The van der Waals surface area contributed by atoms with Gasteiger partial charge in [0.2, 0.25) is 0 Å². The number of rotatable bonds is 1. The first-order chi connectivity index (χ1) is 9.25. The Morgan fingerprint density at radius 2 is 1.74 bits per heavy atom. The van der Waals surface area contributed by atoms with Crippen LogP contribution < -0.4 is 0 Å². The van der Waals surface area contributed by atoms with E-state index in [0.717, 1.165) is 5.56 Å². The largest absolute Gasteiger partial charge is 0.376 e. The van der Waals surface area contributed by atoms with Gasteiger partial charge in [0, 0.05) is 10.6 Å². The van der Waals surface area contributed by atoms with Crippen molar-refractivity contribution in [3.63, 3.8) is 0 Å². The van der Waals surface area contributed by atoms with E-state index in [1.54, 1.807) is 24.3 Å². The molecular weight excluding hydrogens is 256 g/mol. The monoisotopic (exact) mass is 266 g/mol. The molecule has 0 aliphatic heterocycles. The Morgan fingerprint density at radius 1 is 0.947 bits per heavy atom. The van der Waals surface area contributed by atoms with Crippen LogP contribution in [0.2, 0.25) is 5.02 Å². The van der Waals surface area contributed by atoms with Crippen LogP contribution in [0.3, 0.4) is 0 Å². The summed E-state index contributed by atoms with van der Waals surface area (Å²) in [6.07, 6.45) is -0.872. The van der Waals surface area contributed by atoms with Gasteiger partial charge in [0.15, 0.2) is 0 Å². The van der Waals surface area contributed by atoms with Gasteiger partial charge in [-0.05, 0) is 41.7 Å². The molecule has 2 aromatic carbocycles. The van der Waals surface area contributed by atoms with Crippen molar-refractivity contribution in [1.82, 2.24) is 0 Å². The normalized spacial score (nSPS) is 10.6. The van der Waals surface area contributed by atoms with Gasteiger partial charge in [-0.25, -0.2) is 0 Å². The average Bonchev–Trinajstić information content (AvgIpc) is 2.44. The third kappa shape index (κ3) is 4.19. The van der Waals surface area contributed by atoms with Crippen molar-refractivity contribution in [1.29, 1.82) is 0 Å². The zero-order valence-electron chi connectivity index (χ0n) is 10.1. The van der Waals surface area contributed by atoms with E-state index < -0.39 is 6.10 Å². The molecule has 0 aromatic heterocycles. The van der Waals surface area contributed by atoms with E-state index in [1.807, 2.05) is 30.3 Å². The summed E-state index contributed by atoms with van der Waals surface area (Å²) in [6, 6.07) is 16.6. The highest BCUT2D eigenvalue weighted by Gasteiger charge is 2.02. The first-order valence-corrected chi connectivity index (χ1v) is 6.13. The molecule has 1 N–H and O–H groups in total. The van der Waals surface area contributed by atoms with E-state index in [-0.39, 0.29) is 0 Å². The maximum Gasteiger partial charge on any atom is 0.141 e. The molecule has 1 atom stereocenters. The molecule has 0 aliphatic rings. The van der Waals surface area contributed by atoms with Crippen molar-refractivity contribution in [2.24, 2.45) is 0 Å². The second kappa shape index (κ2) is 6.66. The Labute approximate surface area is 117 Å².